The highest BCUT2D eigenvalue weighted by atomic mass is 32.4. The fourth-order valence-corrected chi connectivity index (χ4v) is 10.1. The number of rotatable bonds is 3. The first-order chi connectivity index (χ1) is 10.5. The average molecular weight is 353 g/mol. The van der Waals surface area contributed by atoms with Crippen LogP contribution in [0.3, 0.4) is 0 Å². The fourth-order valence-electron chi connectivity index (χ4n) is 3.76. The predicted octanol–water partition coefficient (Wildman–Crippen LogP) is 3.52. The average Bonchev–Trinajstić information content (AvgIpc) is 2.58. The van der Waals surface area contributed by atoms with Crippen molar-refractivity contribution in [2.24, 2.45) is 0 Å². The molecule has 0 spiro atoms. The molecule has 5 heteroatoms. The molecular formula is C18H31N3PS+. The molecular weight excluding hydrogens is 321 g/mol. The molecule has 3 nitrogen and oxygen atoms in total. The van der Waals surface area contributed by atoms with E-state index in [0.29, 0.717) is 12.1 Å². The van der Waals surface area contributed by atoms with Gasteiger partial charge in [0.25, 0.3) is 5.58 Å². The Morgan fingerprint density at radius 3 is 1.96 bits per heavy atom. The third-order valence-corrected chi connectivity index (χ3v) is 10.1. The zero-order valence-electron chi connectivity index (χ0n) is 16.0. The van der Waals surface area contributed by atoms with Crippen molar-refractivity contribution in [3.8, 4) is 0 Å². The van der Waals surface area contributed by atoms with Crippen molar-refractivity contribution in [1.82, 2.24) is 4.67 Å². The van der Waals surface area contributed by atoms with E-state index in [1.165, 1.54) is 27.7 Å². The van der Waals surface area contributed by atoms with Gasteiger partial charge in [0.1, 0.15) is 5.69 Å². The number of benzene rings is 1. The van der Waals surface area contributed by atoms with Crippen molar-refractivity contribution >= 4 is 34.6 Å². The van der Waals surface area contributed by atoms with Gasteiger partial charge in [-0.05, 0) is 64.8 Å². The Morgan fingerprint density at radius 2 is 1.52 bits per heavy atom. The molecule has 0 aliphatic carbocycles. The highest BCUT2D eigenvalue weighted by Gasteiger charge is 2.51. The molecule has 23 heavy (non-hydrogen) atoms. The van der Waals surface area contributed by atoms with Crippen LogP contribution in [-0.4, -0.2) is 48.0 Å². The molecule has 0 bridgehead atoms. The molecule has 1 heterocycles. The molecule has 1 aliphatic heterocycles. The summed E-state index contributed by atoms with van der Waals surface area (Å²) in [5.41, 5.74) is 5.22. The largest absolute Gasteiger partial charge is 0.300 e. The van der Waals surface area contributed by atoms with Gasteiger partial charge in [-0.2, -0.15) is 0 Å². The Bertz CT molecular complexity index is 694. The summed E-state index contributed by atoms with van der Waals surface area (Å²) in [6.45, 7) is 13.4. The lowest BCUT2D eigenvalue weighted by Crippen LogP contribution is -2.41. The second-order valence-electron chi connectivity index (χ2n) is 7.32. The SMILES string of the molecule is Cc1cc2c(cc1C)[P@](=S)(N(C(C)C)C(C)C)C(=[N+](C)C)N2C. The fraction of sp³-hybridized carbons (Fsp3) is 0.611. The highest BCUT2D eigenvalue weighted by Crippen LogP contribution is 2.59. The van der Waals surface area contributed by atoms with Crippen LogP contribution in [0.1, 0.15) is 38.8 Å². The molecule has 1 aromatic rings. The summed E-state index contributed by atoms with van der Waals surface area (Å²) < 4.78 is 4.79. The summed E-state index contributed by atoms with van der Waals surface area (Å²) in [4.78, 5) is 2.32. The lowest BCUT2D eigenvalue weighted by molar-refractivity contribution is -0.462. The van der Waals surface area contributed by atoms with Crippen LogP contribution in [0.25, 0.3) is 0 Å². The highest BCUT2D eigenvalue weighted by molar-refractivity contribution is 8.25. The van der Waals surface area contributed by atoms with Crippen LogP contribution in [0.5, 0.6) is 0 Å². The number of hydrogen-bond donors (Lipinski definition) is 0. The Balaban J connectivity index is 2.88. The standard InChI is InChI=1S/C18H31N3PS/c1-12(2)21(13(3)4)22(23)17-11-15(6)14(5)10-16(17)20(9)18(22)19(7)8/h10-13H,1-9H3/q+1/t22-/m1/s1. The predicted molar refractivity (Wildman–Crippen MR) is 107 cm³/mol. The van der Waals surface area contributed by atoms with E-state index in [4.69, 9.17) is 11.8 Å². The maximum atomic E-state index is 6.49. The molecule has 0 saturated heterocycles. The van der Waals surface area contributed by atoms with Gasteiger partial charge in [0.2, 0.25) is 0 Å². The monoisotopic (exact) mass is 352 g/mol. The van der Waals surface area contributed by atoms with Crippen LogP contribution in [0.2, 0.25) is 0 Å². The van der Waals surface area contributed by atoms with Gasteiger partial charge in [-0.15, -0.1) is 0 Å². The van der Waals surface area contributed by atoms with Crippen molar-refractivity contribution < 1.29 is 4.58 Å². The summed E-state index contributed by atoms with van der Waals surface area (Å²) in [5, 5.41) is 1.35. The second-order valence-corrected chi connectivity index (χ2v) is 11.4. The lowest BCUT2D eigenvalue weighted by atomic mass is 10.1. The van der Waals surface area contributed by atoms with E-state index in [1.54, 1.807) is 0 Å². The molecule has 128 valence electrons. The molecule has 0 amide bonds. The molecule has 1 aromatic carbocycles. The van der Waals surface area contributed by atoms with Crippen LogP contribution in [0, 0.1) is 13.8 Å². The Morgan fingerprint density at radius 1 is 1.04 bits per heavy atom. The van der Waals surface area contributed by atoms with Crippen LogP contribution < -0.4 is 10.2 Å². The molecule has 1 atom stereocenters. The first kappa shape index (κ1) is 18.6. The number of amidine groups is 1. The number of nitrogens with zero attached hydrogens (tertiary/aromatic N) is 3. The summed E-state index contributed by atoms with van der Waals surface area (Å²) in [6.07, 6.45) is -2.02. The van der Waals surface area contributed by atoms with Gasteiger partial charge in [0.15, 0.2) is 6.19 Å². The van der Waals surface area contributed by atoms with E-state index in [0.717, 1.165) is 0 Å². The molecule has 0 saturated carbocycles. The van der Waals surface area contributed by atoms with Crippen molar-refractivity contribution in [2.45, 2.75) is 53.6 Å². The number of aryl methyl sites for hydroxylation is 2. The van der Waals surface area contributed by atoms with E-state index in [-0.39, 0.29) is 0 Å². The van der Waals surface area contributed by atoms with Crippen LogP contribution in [0.4, 0.5) is 5.69 Å². The molecule has 0 N–H and O–H groups in total. The zero-order valence-corrected chi connectivity index (χ0v) is 17.7. The maximum absolute atomic E-state index is 6.49. The minimum Gasteiger partial charge on any atom is -0.265 e. The van der Waals surface area contributed by atoms with Crippen molar-refractivity contribution in [2.75, 3.05) is 26.0 Å². The van der Waals surface area contributed by atoms with Crippen molar-refractivity contribution in [3.63, 3.8) is 0 Å². The zero-order chi connectivity index (χ0) is 17.7. The van der Waals surface area contributed by atoms with Crippen molar-refractivity contribution in [1.29, 1.82) is 0 Å². The number of hydrogen-bond acceptors (Lipinski definition) is 1. The van der Waals surface area contributed by atoms with Gasteiger partial charge in [-0.25, -0.2) is 4.90 Å². The minimum atomic E-state index is -2.02. The van der Waals surface area contributed by atoms with Crippen LogP contribution >= 0.6 is 6.19 Å². The second kappa shape index (κ2) is 6.31. The Kier molecular flexibility index (Phi) is 5.11. The van der Waals surface area contributed by atoms with E-state index < -0.39 is 6.19 Å². The van der Waals surface area contributed by atoms with Crippen LogP contribution in [0.15, 0.2) is 12.1 Å². The summed E-state index contributed by atoms with van der Waals surface area (Å²) in [7, 11) is 6.41. The van der Waals surface area contributed by atoms with Gasteiger partial charge in [-0.1, -0.05) is 11.8 Å². The Hall–Kier alpha value is -0.700. The van der Waals surface area contributed by atoms with Crippen LogP contribution in [-0.2, 0) is 11.8 Å². The van der Waals surface area contributed by atoms with Crippen molar-refractivity contribution in [3.05, 3.63) is 23.3 Å². The first-order valence-electron chi connectivity index (χ1n) is 8.32. The molecule has 0 unspecified atom stereocenters. The van der Waals surface area contributed by atoms with Gasteiger partial charge >= 0.3 is 0 Å². The molecule has 0 aromatic heterocycles. The summed E-state index contributed by atoms with van der Waals surface area (Å²) in [5.74, 6) is 0. The van der Waals surface area contributed by atoms with Gasteiger partial charge in [0, 0.05) is 12.1 Å². The molecule has 2 rings (SSSR count). The number of anilines is 1. The van der Waals surface area contributed by atoms with Gasteiger partial charge in [-0.3, -0.25) is 9.25 Å². The Labute approximate surface area is 147 Å². The van der Waals surface area contributed by atoms with E-state index >= 15 is 0 Å². The molecule has 0 radical (unpaired) electrons. The van der Waals surface area contributed by atoms with E-state index in [9.17, 15) is 0 Å². The molecule has 0 fully saturated rings. The normalized spacial score (nSPS) is 20.9. The first-order valence-corrected chi connectivity index (χ1v) is 11.1. The lowest BCUT2D eigenvalue weighted by Gasteiger charge is -2.37. The third kappa shape index (κ3) is 2.79. The van der Waals surface area contributed by atoms with E-state index in [2.05, 4.69) is 89.0 Å². The summed E-state index contributed by atoms with van der Waals surface area (Å²) in [6, 6.07) is 5.48. The van der Waals surface area contributed by atoms with E-state index in [1.807, 2.05) is 0 Å². The molecule has 1 aliphatic rings. The smallest absolute Gasteiger partial charge is 0.265 e. The quantitative estimate of drug-likeness (QED) is 0.609. The van der Waals surface area contributed by atoms with Gasteiger partial charge < -0.3 is 0 Å². The maximum Gasteiger partial charge on any atom is 0.300 e. The van der Waals surface area contributed by atoms with Gasteiger partial charge in [0.05, 0.1) is 26.4 Å². The minimum absolute atomic E-state index is 0.414. The summed E-state index contributed by atoms with van der Waals surface area (Å²) >= 11 is 6.49. The third-order valence-electron chi connectivity index (χ3n) is 4.63. The topological polar surface area (TPSA) is 9.49 Å². The number of fused-ring (bicyclic) bond motifs is 1.